The molecule has 3 aromatic carbocycles. The van der Waals surface area contributed by atoms with E-state index in [1.807, 2.05) is 18.2 Å². The van der Waals surface area contributed by atoms with E-state index in [9.17, 15) is 4.79 Å². The van der Waals surface area contributed by atoms with Crippen LogP contribution in [0.25, 0.3) is 21.9 Å². The van der Waals surface area contributed by atoms with Gasteiger partial charge in [-0.1, -0.05) is 55.5 Å². The maximum absolute atomic E-state index is 10.5. The Balaban J connectivity index is 2.21. The van der Waals surface area contributed by atoms with Gasteiger partial charge in [0.15, 0.2) is 0 Å². The molecule has 0 N–H and O–H groups in total. The highest BCUT2D eigenvalue weighted by atomic mass is 16.1. The summed E-state index contributed by atoms with van der Waals surface area (Å²) in [5.41, 5.74) is 4.11. The zero-order valence-electron chi connectivity index (χ0n) is 11.8. The van der Waals surface area contributed by atoms with Crippen LogP contribution in [-0.2, 0) is 11.2 Å². The van der Waals surface area contributed by atoms with Crippen molar-refractivity contribution in [2.75, 3.05) is 0 Å². The summed E-state index contributed by atoms with van der Waals surface area (Å²) in [7, 11) is 0. The smallest absolute Gasteiger partial charge is 0.211 e. The van der Waals surface area contributed by atoms with Gasteiger partial charge in [-0.25, -0.2) is 4.79 Å². The van der Waals surface area contributed by atoms with Crippen LogP contribution in [-0.4, -0.2) is 6.08 Å². The number of isocyanates is 1. The third-order valence-corrected chi connectivity index (χ3v) is 3.73. The van der Waals surface area contributed by atoms with Crippen LogP contribution in [0.2, 0.25) is 0 Å². The van der Waals surface area contributed by atoms with Crippen LogP contribution in [0.3, 0.4) is 0 Å². The van der Waals surface area contributed by atoms with Gasteiger partial charge in [0.2, 0.25) is 6.08 Å². The fourth-order valence-corrected chi connectivity index (χ4v) is 2.67. The number of fused-ring (bicyclic) bond motifs is 1. The van der Waals surface area contributed by atoms with Gasteiger partial charge in [0.05, 0.1) is 5.69 Å². The van der Waals surface area contributed by atoms with Crippen molar-refractivity contribution < 1.29 is 4.79 Å². The zero-order chi connectivity index (χ0) is 14.7. The quantitative estimate of drug-likeness (QED) is 0.485. The van der Waals surface area contributed by atoms with Crippen molar-refractivity contribution in [2.45, 2.75) is 13.3 Å². The summed E-state index contributed by atoms with van der Waals surface area (Å²) in [5, 5.41) is 2.46. The number of hydrogen-bond donors (Lipinski definition) is 0. The van der Waals surface area contributed by atoms with Gasteiger partial charge in [-0.3, -0.25) is 0 Å². The molecular weight excluding hydrogens is 258 g/mol. The van der Waals surface area contributed by atoms with E-state index < -0.39 is 0 Å². The number of nitrogens with zero attached hydrogens (tertiary/aromatic N) is 1. The van der Waals surface area contributed by atoms with Gasteiger partial charge in [-0.05, 0) is 46.0 Å². The van der Waals surface area contributed by atoms with Crippen LogP contribution < -0.4 is 0 Å². The fourth-order valence-electron chi connectivity index (χ4n) is 2.67. The lowest BCUT2D eigenvalue weighted by atomic mass is 9.96. The molecule has 0 spiro atoms. The van der Waals surface area contributed by atoms with Gasteiger partial charge in [-0.2, -0.15) is 4.99 Å². The Hall–Kier alpha value is -2.70. The maximum Gasteiger partial charge on any atom is 0.240 e. The molecule has 0 heterocycles. The van der Waals surface area contributed by atoms with E-state index >= 15 is 0 Å². The molecule has 102 valence electrons. The summed E-state index contributed by atoms with van der Waals surface area (Å²) >= 11 is 0. The summed E-state index contributed by atoms with van der Waals surface area (Å²) in [6, 6.07) is 20.7. The third kappa shape index (κ3) is 2.49. The molecule has 0 unspecified atom stereocenters. The van der Waals surface area contributed by atoms with Gasteiger partial charge in [-0.15, -0.1) is 0 Å². The summed E-state index contributed by atoms with van der Waals surface area (Å²) in [6.45, 7) is 2.06. The standard InChI is InChI=1S/C19H15NO/c1-2-14-12-16(10-11-19(14)20-13-21)18-9-5-7-15-6-3-4-8-17(15)18/h3-12H,2H2,1H3. The Kier molecular flexibility index (Phi) is 3.63. The van der Waals surface area contributed by atoms with Crippen molar-refractivity contribution in [3.63, 3.8) is 0 Å². The first-order valence-corrected chi connectivity index (χ1v) is 7.02. The monoisotopic (exact) mass is 273 g/mol. The highest BCUT2D eigenvalue weighted by Crippen LogP contribution is 2.32. The topological polar surface area (TPSA) is 29.4 Å². The predicted molar refractivity (Wildman–Crippen MR) is 86.5 cm³/mol. The van der Waals surface area contributed by atoms with Crippen molar-refractivity contribution in [1.29, 1.82) is 0 Å². The molecule has 0 fully saturated rings. The zero-order valence-corrected chi connectivity index (χ0v) is 11.8. The number of aliphatic imine (C=N–C) groups is 1. The molecule has 0 saturated heterocycles. The molecule has 0 saturated carbocycles. The van der Waals surface area contributed by atoms with Crippen LogP contribution in [0.15, 0.2) is 65.7 Å². The van der Waals surface area contributed by atoms with Gasteiger partial charge in [0.25, 0.3) is 0 Å². The number of hydrogen-bond acceptors (Lipinski definition) is 2. The van der Waals surface area contributed by atoms with Crippen LogP contribution >= 0.6 is 0 Å². The molecule has 0 aromatic heterocycles. The Morgan fingerprint density at radius 3 is 2.62 bits per heavy atom. The Morgan fingerprint density at radius 2 is 1.81 bits per heavy atom. The average molecular weight is 273 g/mol. The van der Waals surface area contributed by atoms with E-state index in [0.29, 0.717) is 5.69 Å². The molecule has 0 atom stereocenters. The summed E-state index contributed by atoms with van der Waals surface area (Å²) in [4.78, 5) is 14.2. The molecule has 0 aliphatic heterocycles. The first-order valence-electron chi connectivity index (χ1n) is 7.02. The lowest BCUT2D eigenvalue weighted by molar-refractivity contribution is 0.565. The molecule has 0 radical (unpaired) electrons. The fraction of sp³-hybridized carbons (Fsp3) is 0.105. The number of carbonyl (C=O) groups excluding carboxylic acids is 1. The SMILES string of the molecule is CCc1cc(-c2cccc3ccccc23)ccc1N=C=O. The maximum atomic E-state index is 10.5. The minimum Gasteiger partial charge on any atom is -0.211 e. The molecule has 0 aliphatic carbocycles. The van der Waals surface area contributed by atoms with Crippen molar-refractivity contribution >= 4 is 22.5 Å². The van der Waals surface area contributed by atoms with Crippen molar-refractivity contribution in [2.24, 2.45) is 4.99 Å². The lowest BCUT2D eigenvalue weighted by Crippen LogP contribution is -1.86. The molecule has 0 bridgehead atoms. The first kappa shape index (κ1) is 13.3. The normalized spacial score (nSPS) is 10.3. The van der Waals surface area contributed by atoms with Crippen molar-refractivity contribution in [3.8, 4) is 11.1 Å². The second-order valence-corrected chi connectivity index (χ2v) is 4.93. The molecule has 3 aromatic rings. The van der Waals surface area contributed by atoms with Gasteiger partial charge < -0.3 is 0 Å². The van der Waals surface area contributed by atoms with Crippen molar-refractivity contribution in [1.82, 2.24) is 0 Å². The molecule has 2 heteroatoms. The minimum absolute atomic E-state index is 0.705. The predicted octanol–water partition coefficient (Wildman–Crippen LogP) is 5.04. The third-order valence-electron chi connectivity index (χ3n) is 3.73. The Labute approximate surface area is 123 Å². The number of aryl methyl sites for hydroxylation is 1. The van der Waals surface area contributed by atoms with Crippen LogP contribution in [0, 0.1) is 0 Å². The van der Waals surface area contributed by atoms with E-state index in [-0.39, 0.29) is 0 Å². The van der Waals surface area contributed by atoms with Gasteiger partial charge in [0.1, 0.15) is 0 Å². The van der Waals surface area contributed by atoms with E-state index in [1.54, 1.807) is 6.08 Å². The van der Waals surface area contributed by atoms with Crippen LogP contribution in [0.4, 0.5) is 5.69 Å². The average Bonchev–Trinajstić information content (AvgIpc) is 2.55. The first-order chi connectivity index (χ1) is 10.3. The summed E-state index contributed by atoms with van der Waals surface area (Å²) in [6.07, 6.45) is 2.46. The molecule has 21 heavy (non-hydrogen) atoms. The van der Waals surface area contributed by atoms with E-state index in [2.05, 4.69) is 54.4 Å². The highest BCUT2D eigenvalue weighted by molar-refractivity contribution is 5.96. The Bertz CT molecular complexity index is 840. The number of rotatable bonds is 3. The van der Waals surface area contributed by atoms with Crippen molar-refractivity contribution in [3.05, 3.63) is 66.2 Å². The van der Waals surface area contributed by atoms with E-state index in [1.165, 1.54) is 16.3 Å². The second kappa shape index (κ2) is 5.74. The largest absolute Gasteiger partial charge is 0.240 e. The second-order valence-electron chi connectivity index (χ2n) is 4.93. The van der Waals surface area contributed by atoms with Gasteiger partial charge >= 0.3 is 0 Å². The molecule has 0 amide bonds. The molecule has 2 nitrogen and oxygen atoms in total. The van der Waals surface area contributed by atoms with E-state index in [4.69, 9.17) is 0 Å². The molecular formula is C19H15NO. The van der Waals surface area contributed by atoms with Crippen LogP contribution in [0.5, 0.6) is 0 Å². The van der Waals surface area contributed by atoms with E-state index in [0.717, 1.165) is 17.5 Å². The highest BCUT2D eigenvalue weighted by Gasteiger charge is 2.06. The number of benzene rings is 3. The molecule has 3 rings (SSSR count). The lowest BCUT2D eigenvalue weighted by Gasteiger charge is -2.09. The van der Waals surface area contributed by atoms with Gasteiger partial charge in [0, 0.05) is 0 Å². The minimum atomic E-state index is 0.705. The Morgan fingerprint density at radius 1 is 1.00 bits per heavy atom. The molecule has 0 aliphatic rings. The summed E-state index contributed by atoms with van der Waals surface area (Å²) in [5.74, 6) is 0. The summed E-state index contributed by atoms with van der Waals surface area (Å²) < 4.78 is 0. The van der Waals surface area contributed by atoms with Crippen LogP contribution in [0.1, 0.15) is 12.5 Å².